The molecule has 0 unspecified atom stereocenters. The lowest BCUT2D eigenvalue weighted by molar-refractivity contribution is 0.290. The number of nitrogens with zero attached hydrogens (tertiary/aromatic N) is 4. The smallest absolute Gasteiger partial charge is 0.218 e. The molecule has 2 heterocycles. The molecule has 0 fully saturated rings. The maximum Gasteiger partial charge on any atom is 0.218 e. The number of benzene rings is 1. The Morgan fingerprint density at radius 1 is 1.07 bits per heavy atom. The van der Waals surface area contributed by atoms with E-state index >= 15 is 0 Å². The number of aryl methyl sites for hydroxylation is 1. The zero-order valence-electron chi connectivity index (χ0n) is 16.1. The van der Waals surface area contributed by atoms with Gasteiger partial charge in [-0.25, -0.2) is 4.98 Å². The molecule has 2 N–H and O–H groups in total. The van der Waals surface area contributed by atoms with Crippen LogP contribution >= 0.6 is 0 Å². The van der Waals surface area contributed by atoms with Crippen molar-refractivity contribution in [3.05, 3.63) is 78.2 Å². The van der Waals surface area contributed by atoms with Crippen LogP contribution in [-0.4, -0.2) is 34.3 Å². The van der Waals surface area contributed by atoms with Crippen LogP contribution in [0.3, 0.4) is 0 Å². The number of nitrogens with one attached hydrogen (secondary N) is 2. The highest BCUT2D eigenvalue weighted by atomic mass is 16.5. The first-order valence-corrected chi connectivity index (χ1v) is 9.37. The highest BCUT2D eigenvalue weighted by Gasteiger charge is 2.06. The van der Waals surface area contributed by atoms with Crippen LogP contribution in [0.15, 0.2) is 72.1 Å². The van der Waals surface area contributed by atoms with Crippen LogP contribution in [0, 0.1) is 0 Å². The third-order valence-electron chi connectivity index (χ3n) is 4.15. The second kappa shape index (κ2) is 10.7. The monoisotopic (exact) mass is 378 g/mol. The SMILES string of the molecule is CN=C(NCCCn1cccn1)NCc1cccnc1OCc1ccccc1. The van der Waals surface area contributed by atoms with Crippen LogP contribution in [0.25, 0.3) is 0 Å². The van der Waals surface area contributed by atoms with Gasteiger partial charge >= 0.3 is 0 Å². The summed E-state index contributed by atoms with van der Waals surface area (Å²) in [6, 6.07) is 15.9. The van der Waals surface area contributed by atoms with E-state index < -0.39 is 0 Å². The Bertz CT molecular complexity index is 848. The van der Waals surface area contributed by atoms with E-state index in [0.29, 0.717) is 19.0 Å². The van der Waals surface area contributed by atoms with Crippen LogP contribution < -0.4 is 15.4 Å². The topological polar surface area (TPSA) is 76.4 Å². The van der Waals surface area contributed by atoms with E-state index in [0.717, 1.165) is 36.6 Å². The maximum absolute atomic E-state index is 5.91. The van der Waals surface area contributed by atoms with Crippen molar-refractivity contribution in [2.45, 2.75) is 26.1 Å². The number of aromatic nitrogens is 3. The molecule has 146 valence electrons. The molecule has 7 nitrogen and oxygen atoms in total. The lowest BCUT2D eigenvalue weighted by Crippen LogP contribution is -2.37. The van der Waals surface area contributed by atoms with E-state index in [1.807, 2.05) is 59.4 Å². The molecule has 0 amide bonds. The first-order chi connectivity index (χ1) is 13.8. The van der Waals surface area contributed by atoms with E-state index in [2.05, 4.69) is 25.7 Å². The molecule has 0 aliphatic rings. The Balaban J connectivity index is 1.46. The third kappa shape index (κ3) is 6.12. The van der Waals surface area contributed by atoms with E-state index in [9.17, 15) is 0 Å². The van der Waals surface area contributed by atoms with Gasteiger partial charge in [0, 0.05) is 50.8 Å². The number of rotatable bonds is 9. The molecule has 0 atom stereocenters. The van der Waals surface area contributed by atoms with Crippen LogP contribution in [0.1, 0.15) is 17.5 Å². The summed E-state index contributed by atoms with van der Waals surface area (Å²) in [5, 5.41) is 10.8. The van der Waals surface area contributed by atoms with Crippen molar-refractivity contribution in [3.8, 4) is 5.88 Å². The average Bonchev–Trinajstić information content (AvgIpc) is 3.27. The predicted octanol–water partition coefficient (Wildman–Crippen LogP) is 2.61. The summed E-state index contributed by atoms with van der Waals surface area (Å²) in [5.74, 6) is 1.38. The minimum absolute atomic E-state index is 0.491. The normalized spacial score (nSPS) is 11.2. The summed E-state index contributed by atoms with van der Waals surface area (Å²) in [5.41, 5.74) is 2.10. The molecular formula is C21H26N6O. The van der Waals surface area contributed by atoms with Gasteiger partial charge in [-0.1, -0.05) is 36.4 Å². The van der Waals surface area contributed by atoms with Crippen LogP contribution in [0.4, 0.5) is 0 Å². The third-order valence-corrected chi connectivity index (χ3v) is 4.15. The highest BCUT2D eigenvalue weighted by Crippen LogP contribution is 2.15. The van der Waals surface area contributed by atoms with Gasteiger partial charge in [-0.3, -0.25) is 9.67 Å². The first-order valence-electron chi connectivity index (χ1n) is 9.37. The van der Waals surface area contributed by atoms with Crippen LogP contribution in [-0.2, 0) is 19.7 Å². The van der Waals surface area contributed by atoms with Crippen molar-refractivity contribution in [1.29, 1.82) is 0 Å². The molecule has 28 heavy (non-hydrogen) atoms. The largest absolute Gasteiger partial charge is 0.473 e. The van der Waals surface area contributed by atoms with Crippen molar-refractivity contribution in [2.24, 2.45) is 4.99 Å². The molecule has 0 bridgehead atoms. The lowest BCUT2D eigenvalue weighted by atomic mass is 10.2. The van der Waals surface area contributed by atoms with Crippen molar-refractivity contribution >= 4 is 5.96 Å². The lowest BCUT2D eigenvalue weighted by Gasteiger charge is -2.14. The van der Waals surface area contributed by atoms with Gasteiger partial charge in [0.15, 0.2) is 5.96 Å². The summed E-state index contributed by atoms with van der Waals surface area (Å²) in [7, 11) is 1.76. The number of hydrogen-bond donors (Lipinski definition) is 2. The second-order valence-electron chi connectivity index (χ2n) is 6.22. The summed E-state index contributed by atoms with van der Waals surface area (Å²) in [4.78, 5) is 8.64. The number of aliphatic imine (C=N–C) groups is 1. The van der Waals surface area contributed by atoms with Gasteiger partial charge < -0.3 is 15.4 Å². The summed E-state index contributed by atoms with van der Waals surface area (Å²) >= 11 is 0. The molecule has 2 aromatic heterocycles. The predicted molar refractivity (Wildman–Crippen MR) is 110 cm³/mol. The van der Waals surface area contributed by atoms with E-state index in [-0.39, 0.29) is 0 Å². The van der Waals surface area contributed by atoms with Crippen LogP contribution in [0.5, 0.6) is 5.88 Å². The summed E-state index contributed by atoms with van der Waals surface area (Å²) in [6.45, 7) is 2.75. The fourth-order valence-electron chi connectivity index (χ4n) is 2.69. The van der Waals surface area contributed by atoms with Gasteiger partial charge in [-0.2, -0.15) is 5.10 Å². The number of hydrogen-bond acceptors (Lipinski definition) is 4. The molecule has 3 rings (SSSR count). The van der Waals surface area contributed by atoms with Crippen molar-refractivity contribution < 1.29 is 4.74 Å². The molecular weight excluding hydrogens is 352 g/mol. The highest BCUT2D eigenvalue weighted by molar-refractivity contribution is 5.79. The number of guanidine groups is 1. The van der Waals surface area contributed by atoms with Crippen molar-refractivity contribution in [1.82, 2.24) is 25.4 Å². The fraction of sp³-hybridized carbons (Fsp3) is 0.286. The van der Waals surface area contributed by atoms with E-state index in [1.165, 1.54) is 0 Å². The second-order valence-corrected chi connectivity index (χ2v) is 6.22. The molecule has 3 aromatic rings. The van der Waals surface area contributed by atoms with Gasteiger partial charge in [0.05, 0.1) is 0 Å². The minimum Gasteiger partial charge on any atom is -0.473 e. The Hall–Kier alpha value is -3.35. The number of pyridine rings is 1. The molecule has 7 heteroatoms. The van der Waals surface area contributed by atoms with Crippen LogP contribution in [0.2, 0.25) is 0 Å². The zero-order valence-corrected chi connectivity index (χ0v) is 16.1. The molecule has 0 aliphatic carbocycles. The van der Waals surface area contributed by atoms with Crippen molar-refractivity contribution in [3.63, 3.8) is 0 Å². The molecule has 0 saturated carbocycles. The zero-order chi connectivity index (χ0) is 19.4. The Labute approximate surface area is 165 Å². The fourth-order valence-corrected chi connectivity index (χ4v) is 2.69. The van der Waals surface area contributed by atoms with Gasteiger partial charge in [-0.05, 0) is 24.1 Å². The van der Waals surface area contributed by atoms with Gasteiger partial charge in [0.2, 0.25) is 5.88 Å². The molecule has 0 aliphatic heterocycles. The van der Waals surface area contributed by atoms with Gasteiger partial charge in [0.25, 0.3) is 0 Å². The average molecular weight is 378 g/mol. The Morgan fingerprint density at radius 2 is 1.96 bits per heavy atom. The number of ether oxygens (including phenoxy) is 1. The van der Waals surface area contributed by atoms with E-state index in [4.69, 9.17) is 4.74 Å². The summed E-state index contributed by atoms with van der Waals surface area (Å²) in [6.07, 6.45) is 6.46. The van der Waals surface area contributed by atoms with Crippen molar-refractivity contribution in [2.75, 3.05) is 13.6 Å². The quantitative estimate of drug-likeness (QED) is 0.340. The first kappa shape index (κ1) is 19.4. The van der Waals surface area contributed by atoms with Gasteiger partial charge in [0.1, 0.15) is 6.61 Å². The maximum atomic E-state index is 5.91. The molecule has 1 aromatic carbocycles. The van der Waals surface area contributed by atoms with Gasteiger partial charge in [-0.15, -0.1) is 0 Å². The Morgan fingerprint density at radius 3 is 2.75 bits per heavy atom. The Kier molecular flexibility index (Phi) is 7.43. The molecule has 0 radical (unpaired) electrons. The standard InChI is InChI=1S/C21H26N6O/c1-22-21(24-12-6-14-27-15-7-13-26-27)25-16-19-10-5-11-23-20(19)28-17-18-8-3-2-4-9-18/h2-5,7-11,13,15H,6,12,14,16-17H2,1H3,(H2,22,24,25). The molecule has 0 spiro atoms. The van der Waals surface area contributed by atoms with E-state index in [1.54, 1.807) is 19.4 Å². The molecule has 0 saturated heterocycles. The minimum atomic E-state index is 0.491. The summed E-state index contributed by atoms with van der Waals surface area (Å²) < 4.78 is 7.83.